The van der Waals surface area contributed by atoms with Crippen molar-refractivity contribution >= 4 is 11.9 Å². The van der Waals surface area contributed by atoms with E-state index in [1.165, 1.54) is 21.1 Å². The summed E-state index contributed by atoms with van der Waals surface area (Å²) in [6.45, 7) is 12.0. The molecule has 7 heteroatoms. The summed E-state index contributed by atoms with van der Waals surface area (Å²) < 4.78 is 18.4. The zero-order chi connectivity index (χ0) is 19.3. The van der Waals surface area contributed by atoms with Crippen molar-refractivity contribution in [3.63, 3.8) is 0 Å². The molecule has 0 aromatic carbocycles. The molecule has 0 heterocycles. The average Bonchev–Trinajstić information content (AvgIpc) is 2.60. The van der Waals surface area contributed by atoms with Gasteiger partial charge in [-0.1, -0.05) is 34.6 Å². The SMILES string of the molecule is CC.CC.COC(=O)C(C)O.COCOCCC(C)C(=O)OC. The summed E-state index contributed by atoms with van der Waals surface area (Å²) in [6.07, 6.45) is -0.333. The Morgan fingerprint density at radius 3 is 1.61 bits per heavy atom. The van der Waals surface area contributed by atoms with Gasteiger partial charge in [-0.15, -0.1) is 0 Å². The fourth-order valence-corrected chi connectivity index (χ4v) is 0.892. The Morgan fingerprint density at radius 2 is 1.35 bits per heavy atom. The molecule has 0 saturated carbocycles. The first-order valence-electron chi connectivity index (χ1n) is 7.81. The van der Waals surface area contributed by atoms with Crippen LogP contribution in [0.25, 0.3) is 0 Å². The summed E-state index contributed by atoms with van der Waals surface area (Å²) >= 11 is 0. The Bertz CT molecular complexity index is 243. The first-order chi connectivity index (χ1) is 10.9. The summed E-state index contributed by atoms with van der Waals surface area (Å²) in [4.78, 5) is 20.9. The van der Waals surface area contributed by atoms with Gasteiger partial charge in [0.1, 0.15) is 12.9 Å². The zero-order valence-corrected chi connectivity index (χ0v) is 16.2. The van der Waals surface area contributed by atoms with Crippen molar-refractivity contribution in [3.8, 4) is 0 Å². The largest absolute Gasteiger partial charge is 0.469 e. The number of carbonyl (C=O) groups is 2. The normalized spacial score (nSPS) is 11.0. The molecule has 0 aromatic rings. The van der Waals surface area contributed by atoms with E-state index in [2.05, 4.69) is 14.2 Å². The molecule has 0 bridgehead atoms. The van der Waals surface area contributed by atoms with Crippen molar-refractivity contribution in [1.29, 1.82) is 0 Å². The minimum absolute atomic E-state index is 0.105. The van der Waals surface area contributed by atoms with Crippen molar-refractivity contribution in [3.05, 3.63) is 0 Å². The van der Waals surface area contributed by atoms with Crippen LogP contribution in [0.3, 0.4) is 0 Å². The lowest BCUT2D eigenvalue weighted by molar-refractivity contribution is -0.149. The second-order valence-electron chi connectivity index (χ2n) is 3.73. The highest BCUT2D eigenvalue weighted by atomic mass is 16.7. The second kappa shape index (κ2) is 25.8. The minimum Gasteiger partial charge on any atom is -0.469 e. The molecule has 2 atom stereocenters. The Balaban J connectivity index is -0.000000140. The Kier molecular flexibility index (Phi) is 33.4. The maximum atomic E-state index is 10.9. The van der Waals surface area contributed by atoms with Gasteiger partial charge in [0.15, 0.2) is 0 Å². The van der Waals surface area contributed by atoms with Crippen LogP contribution in [0.5, 0.6) is 0 Å². The van der Waals surface area contributed by atoms with E-state index in [1.54, 1.807) is 7.11 Å². The highest BCUT2D eigenvalue weighted by Crippen LogP contribution is 2.03. The van der Waals surface area contributed by atoms with E-state index in [1.807, 2.05) is 34.6 Å². The van der Waals surface area contributed by atoms with Gasteiger partial charge in [-0.25, -0.2) is 4.79 Å². The number of esters is 2. The highest BCUT2D eigenvalue weighted by Gasteiger charge is 2.11. The molecule has 23 heavy (non-hydrogen) atoms. The number of methoxy groups -OCH3 is 3. The third-order valence-corrected chi connectivity index (χ3v) is 2.04. The molecule has 7 nitrogen and oxygen atoms in total. The molecule has 0 aromatic heterocycles. The Morgan fingerprint density at radius 1 is 0.913 bits per heavy atom. The summed E-state index contributed by atoms with van der Waals surface area (Å²) in [6, 6.07) is 0. The number of aliphatic hydroxyl groups is 1. The molecule has 0 amide bonds. The fourth-order valence-electron chi connectivity index (χ4n) is 0.892. The van der Waals surface area contributed by atoms with Crippen LogP contribution in [0.4, 0.5) is 0 Å². The maximum Gasteiger partial charge on any atom is 0.334 e. The van der Waals surface area contributed by atoms with Crippen molar-refractivity contribution in [2.45, 2.75) is 54.1 Å². The Labute approximate surface area is 141 Å². The van der Waals surface area contributed by atoms with E-state index < -0.39 is 12.1 Å². The van der Waals surface area contributed by atoms with Crippen LogP contribution in [0.15, 0.2) is 0 Å². The van der Waals surface area contributed by atoms with Crippen molar-refractivity contribution < 1.29 is 33.6 Å². The summed E-state index contributed by atoms with van der Waals surface area (Å²) in [5, 5.41) is 8.35. The molecule has 1 N–H and O–H groups in total. The van der Waals surface area contributed by atoms with Crippen LogP contribution >= 0.6 is 0 Å². The van der Waals surface area contributed by atoms with Crippen LogP contribution in [-0.4, -0.2) is 57.9 Å². The lowest BCUT2D eigenvalue weighted by Gasteiger charge is -2.08. The predicted molar refractivity (Wildman–Crippen MR) is 90.0 cm³/mol. The van der Waals surface area contributed by atoms with Crippen molar-refractivity contribution in [2.24, 2.45) is 5.92 Å². The molecule has 0 radical (unpaired) electrons. The maximum absolute atomic E-state index is 10.9. The minimum atomic E-state index is -0.995. The number of carbonyl (C=O) groups excluding carboxylic acids is 2. The molecule has 0 spiro atoms. The molecular formula is C16H36O7. The van der Waals surface area contributed by atoms with Gasteiger partial charge in [0.25, 0.3) is 0 Å². The molecule has 0 aliphatic rings. The quantitative estimate of drug-likeness (QED) is 0.432. The van der Waals surface area contributed by atoms with Crippen molar-refractivity contribution in [2.75, 3.05) is 34.7 Å². The molecule has 0 fully saturated rings. The van der Waals surface area contributed by atoms with Crippen LogP contribution in [-0.2, 0) is 28.5 Å². The van der Waals surface area contributed by atoms with Gasteiger partial charge < -0.3 is 24.1 Å². The van der Waals surface area contributed by atoms with E-state index in [9.17, 15) is 9.59 Å². The highest BCUT2D eigenvalue weighted by molar-refractivity contribution is 5.73. The van der Waals surface area contributed by atoms with E-state index in [0.717, 1.165) is 0 Å². The van der Waals surface area contributed by atoms with E-state index >= 15 is 0 Å². The van der Waals surface area contributed by atoms with Gasteiger partial charge in [0.05, 0.1) is 26.7 Å². The lowest BCUT2D eigenvalue weighted by atomic mass is 10.1. The fraction of sp³-hybridized carbons (Fsp3) is 0.875. The van der Waals surface area contributed by atoms with Crippen LogP contribution in [0, 0.1) is 5.92 Å². The number of aliphatic hydroxyl groups excluding tert-OH is 1. The number of rotatable bonds is 7. The van der Waals surface area contributed by atoms with Gasteiger partial charge >= 0.3 is 11.9 Å². The first-order valence-corrected chi connectivity index (χ1v) is 7.81. The van der Waals surface area contributed by atoms with Crippen LogP contribution < -0.4 is 0 Å². The number of hydrogen-bond donors (Lipinski definition) is 1. The topological polar surface area (TPSA) is 91.3 Å². The summed E-state index contributed by atoms with van der Waals surface area (Å²) in [7, 11) is 4.17. The predicted octanol–water partition coefficient (Wildman–Crippen LogP) is 2.40. The van der Waals surface area contributed by atoms with Gasteiger partial charge in [0, 0.05) is 7.11 Å². The number of hydrogen-bond acceptors (Lipinski definition) is 7. The van der Waals surface area contributed by atoms with Crippen LogP contribution in [0.2, 0.25) is 0 Å². The van der Waals surface area contributed by atoms with Crippen LogP contribution in [0.1, 0.15) is 48.0 Å². The Hall–Kier alpha value is -1.18. The van der Waals surface area contributed by atoms with Gasteiger partial charge in [-0.3, -0.25) is 4.79 Å². The molecule has 0 aliphatic heterocycles. The second-order valence-corrected chi connectivity index (χ2v) is 3.73. The first kappa shape index (κ1) is 29.8. The van der Waals surface area contributed by atoms with E-state index in [-0.39, 0.29) is 18.7 Å². The third kappa shape index (κ3) is 26.1. The van der Waals surface area contributed by atoms with E-state index in [0.29, 0.717) is 13.0 Å². The molecule has 0 saturated heterocycles. The molecule has 0 rings (SSSR count). The number of ether oxygens (including phenoxy) is 4. The summed E-state index contributed by atoms with van der Waals surface area (Å²) in [5.74, 6) is -0.900. The van der Waals surface area contributed by atoms with Gasteiger partial charge in [0.2, 0.25) is 0 Å². The van der Waals surface area contributed by atoms with Gasteiger partial charge in [-0.05, 0) is 13.3 Å². The molecular weight excluding hydrogens is 304 g/mol. The monoisotopic (exact) mass is 340 g/mol. The summed E-state index contributed by atoms with van der Waals surface area (Å²) in [5.41, 5.74) is 0. The lowest BCUT2D eigenvalue weighted by Crippen LogP contribution is -2.16. The molecule has 142 valence electrons. The molecule has 2 unspecified atom stereocenters. The molecule has 0 aliphatic carbocycles. The standard InChI is InChI=1S/C8H16O4.C4H8O3.2C2H6/c1-7(8(9)11-3)4-5-12-6-10-2;1-3(5)4(6)7-2;2*1-2/h7H,4-6H2,1-3H3;3,5H,1-2H3;2*1-2H3. The van der Waals surface area contributed by atoms with Gasteiger partial charge in [-0.2, -0.15) is 0 Å². The van der Waals surface area contributed by atoms with Crippen molar-refractivity contribution in [1.82, 2.24) is 0 Å². The third-order valence-electron chi connectivity index (χ3n) is 2.04. The average molecular weight is 340 g/mol. The van der Waals surface area contributed by atoms with E-state index in [4.69, 9.17) is 9.84 Å². The smallest absolute Gasteiger partial charge is 0.334 e. The zero-order valence-electron chi connectivity index (χ0n) is 16.2.